The van der Waals surface area contributed by atoms with E-state index < -0.39 is 0 Å². The van der Waals surface area contributed by atoms with E-state index in [1.54, 1.807) is 0 Å². The topological polar surface area (TPSA) is 38.3 Å². The van der Waals surface area contributed by atoms with Crippen molar-refractivity contribution >= 4 is 21.8 Å². The molecule has 19 heavy (non-hydrogen) atoms. The molecule has 0 spiro atoms. The van der Waals surface area contributed by atoms with Gasteiger partial charge in [-0.15, -0.1) is 0 Å². The van der Waals surface area contributed by atoms with Gasteiger partial charge in [0.2, 0.25) is 5.91 Å². The third-order valence-corrected chi connectivity index (χ3v) is 3.01. The van der Waals surface area contributed by atoms with Gasteiger partial charge in [0, 0.05) is 4.47 Å². The minimum atomic E-state index is -0.158. The second kappa shape index (κ2) is 7.07. The molecule has 0 saturated heterocycles. The predicted octanol–water partition coefficient (Wildman–Crippen LogP) is 3.24. The average Bonchev–Trinajstić information content (AvgIpc) is 2.40. The second-order valence-corrected chi connectivity index (χ2v) is 5.02. The van der Waals surface area contributed by atoms with Gasteiger partial charge in [-0.3, -0.25) is 9.63 Å². The normalized spacial score (nSPS) is 10.2. The molecule has 0 aromatic heterocycles. The standard InChI is InChI=1S/C15H14BrNO2/c16-14-8-4-7-13(9-14)10-15(18)17-19-11-12-5-2-1-3-6-12/h1-9H,10-11H2,(H,17,18). The lowest BCUT2D eigenvalue weighted by molar-refractivity contribution is -0.133. The number of rotatable bonds is 5. The number of carbonyl (C=O) groups excluding carboxylic acids is 1. The molecule has 2 aromatic rings. The van der Waals surface area contributed by atoms with Crippen LogP contribution in [0.15, 0.2) is 59.1 Å². The summed E-state index contributed by atoms with van der Waals surface area (Å²) in [7, 11) is 0. The van der Waals surface area contributed by atoms with E-state index in [9.17, 15) is 4.79 Å². The van der Waals surface area contributed by atoms with Gasteiger partial charge in [-0.1, -0.05) is 58.4 Å². The van der Waals surface area contributed by atoms with Crippen LogP contribution in [0.5, 0.6) is 0 Å². The lowest BCUT2D eigenvalue weighted by atomic mass is 10.1. The first-order valence-corrected chi connectivity index (χ1v) is 6.72. The molecule has 0 unspecified atom stereocenters. The first kappa shape index (κ1) is 13.8. The molecule has 1 amide bonds. The Morgan fingerprint density at radius 3 is 2.53 bits per heavy atom. The van der Waals surface area contributed by atoms with Crippen molar-refractivity contribution in [1.29, 1.82) is 0 Å². The molecular formula is C15H14BrNO2. The van der Waals surface area contributed by atoms with Crippen LogP contribution in [-0.2, 0) is 22.7 Å². The molecule has 0 radical (unpaired) electrons. The zero-order valence-corrected chi connectivity index (χ0v) is 11.9. The van der Waals surface area contributed by atoms with Crippen molar-refractivity contribution in [1.82, 2.24) is 5.48 Å². The van der Waals surface area contributed by atoms with Gasteiger partial charge in [-0.25, -0.2) is 5.48 Å². The van der Waals surface area contributed by atoms with Crippen LogP contribution in [0.4, 0.5) is 0 Å². The van der Waals surface area contributed by atoms with E-state index in [0.29, 0.717) is 13.0 Å². The molecule has 2 aromatic carbocycles. The number of hydrogen-bond donors (Lipinski definition) is 1. The highest BCUT2D eigenvalue weighted by Gasteiger charge is 2.03. The van der Waals surface area contributed by atoms with Crippen molar-refractivity contribution in [3.8, 4) is 0 Å². The van der Waals surface area contributed by atoms with Crippen molar-refractivity contribution in [2.75, 3.05) is 0 Å². The Hall–Kier alpha value is -1.65. The Bertz CT molecular complexity index is 543. The Kier molecular flexibility index (Phi) is 5.12. The van der Waals surface area contributed by atoms with Crippen molar-refractivity contribution < 1.29 is 9.63 Å². The predicted molar refractivity (Wildman–Crippen MR) is 77.2 cm³/mol. The van der Waals surface area contributed by atoms with Crippen LogP contribution < -0.4 is 5.48 Å². The van der Waals surface area contributed by atoms with Gasteiger partial charge in [0.05, 0.1) is 13.0 Å². The Morgan fingerprint density at radius 2 is 1.79 bits per heavy atom. The fraction of sp³-hybridized carbons (Fsp3) is 0.133. The van der Waals surface area contributed by atoms with Crippen LogP contribution in [0.1, 0.15) is 11.1 Å². The van der Waals surface area contributed by atoms with E-state index in [1.807, 2.05) is 54.6 Å². The number of nitrogens with one attached hydrogen (secondary N) is 1. The second-order valence-electron chi connectivity index (χ2n) is 4.11. The first-order chi connectivity index (χ1) is 9.24. The maximum Gasteiger partial charge on any atom is 0.247 e. The van der Waals surface area contributed by atoms with Crippen molar-refractivity contribution in [2.45, 2.75) is 13.0 Å². The minimum Gasteiger partial charge on any atom is -0.272 e. The van der Waals surface area contributed by atoms with Crippen LogP contribution in [0, 0.1) is 0 Å². The quantitative estimate of drug-likeness (QED) is 0.859. The van der Waals surface area contributed by atoms with Crippen LogP contribution in [-0.4, -0.2) is 5.91 Å². The molecule has 0 saturated carbocycles. The third kappa shape index (κ3) is 4.85. The van der Waals surface area contributed by atoms with Gasteiger partial charge in [0.25, 0.3) is 0 Å². The monoisotopic (exact) mass is 319 g/mol. The number of hydrogen-bond acceptors (Lipinski definition) is 2. The molecule has 0 aliphatic rings. The summed E-state index contributed by atoms with van der Waals surface area (Å²) < 4.78 is 0.961. The van der Waals surface area contributed by atoms with Crippen LogP contribution in [0.2, 0.25) is 0 Å². The van der Waals surface area contributed by atoms with E-state index in [4.69, 9.17) is 4.84 Å². The van der Waals surface area contributed by atoms with E-state index in [2.05, 4.69) is 21.4 Å². The largest absolute Gasteiger partial charge is 0.272 e. The fourth-order valence-electron chi connectivity index (χ4n) is 1.64. The summed E-state index contributed by atoms with van der Waals surface area (Å²) in [5.74, 6) is -0.158. The van der Waals surface area contributed by atoms with Crippen LogP contribution >= 0.6 is 15.9 Å². The van der Waals surface area contributed by atoms with Gasteiger partial charge >= 0.3 is 0 Å². The van der Waals surface area contributed by atoms with E-state index >= 15 is 0 Å². The Labute approximate surface area is 120 Å². The molecule has 1 N–H and O–H groups in total. The molecule has 0 aliphatic heterocycles. The number of hydroxylamine groups is 1. The molecule has 4 heteroatoms. The van der Waals surface area contributed by atoms with Gasteiger partial charge in [-0.2, -0.15) is 0 Å². The Balaban J connectivity index is 1.76. The van der Waals surface area contributed by atoms with Crippen molar-refractivity contribution in [3.63, 3.8) is 0 Å². The lowest BCUT2D eigenvalue weighted by Gasteiger charge is -2.06. The minimum absolute atomic E-state index is 0.158. The molecule has 0 atom stereocenters. The molecule has 0 heterocycles. The van der Waals surface area contributed by atoms with Crippen LogP contribution in [0.3, 0.4) is 0 Å². The number of amides is 1. The Morgan fingerprint density at radius 1 is 1.05 bits per heavy atom. The van der Waals surface area contributed by atoms with Crippen LogP contribution in [0.25, 0.3) is 0 Å². The molecule has 0 fully saturated rings. The molecule has 2 rings (SSSR count). The van der Waals surface area contributed by atoms with Gasteiger partial charge in [0.15, 0.2) is 0 Å². The highest BCUT2D eigenvalue weighted by Crippen LogP contribution is 2.11. The summed E-state index contributed by atoms with van der Waals surface area (Å²) in [6.07, 6.45) is 0.300. The number of benzene rings is 2. The summed E-state index contributed by atoms with van der Waals surface area (Å²) >= 11 is 3.37. The molecule has 0 aliphatic carbocycles. The van der Waals surface area contributed by atoms with E-state index in [-0.39, 0.29) is 5.91 Å². The lowest BCUT2D eigenvalue weighted by Crippen LogP contribution is -2.25. The number of halogens is 1. The summed E-state index contributed by atoms with van der Waals surface area (Å²) in [4.78, 5) is 16.8. The molecule has 0 bridgehead atoms. The maximum absolute atomic E-state index is 11.7. The smallest absolute Gasteiger partial charge is 0.247 e. The zero-order valence-electron chi connectivity index (χ0n) is 10.3. The molecular weight excluding hydrogens is 306 g/mol. The van der Waals surface area contributed by atoms with E-state index in [1.165, 1.54) is 0 Å². The van der Waals surface area contributed by atoms with Crippen molar-refractivity contribution in [2.24, 2.45) is 0 Å². The third-order valence-electron chi connectivity index (χ3n) is 2.52. The maximum atomic E-state index is 11.7. The van der Waals surface area contributed by atoms with E-state index in [0.717, 1.165) is 15.6 Å². The summed E-state index contributed by atoms with van der Waals surface area (Å²) in [6.45, 7) is 0.366. The zero-order chi connectivity index (χ0) is 13.5. The highest BCUT2D eigenvalue weighted by atomic mass is 79.9. The summed E-state index contributed by atoms with van der Waals surface area (Å²) in [6, 6.07) is 17.3. The van der Waals surface area contributed by atoms with Gasteiger partial charge in [0.1, 0.15) is 0 Å². The highest BCUT2D eigenvalue weighted by molar-refractivity contribution is 9.10. The summed E-state index contributed by atoms with van der Waals surface area (Å²) in [5, 5.41) is 0. The molecule has 98 valence electrons. The van der Waals surface area contributed by atoms with Gasteiger partial charge < -0.3 is 0 Å². The van der Waals surface area contributed by atoms with Gasteiger partial charge in [-0.05, 0) is 23.3 Å². The SMILES string of the molecule is O=C(Cc1cccc(Br)c1)NOCc1ccccc1. The molecule has 3 nitrogen and oxygen atoms in total. The first-order valence-electron chi connectivity index (χ1n) is 5.93. The van der Waals surface area contributed by atoms with Crippen molar-refractivity contribution in [3.05, 3.63) is 70.2 Å². The number of carbonyl (C=O) groups is 1. The fourth-order valence-corrected chi connectivity index (χ4v) is 2.09. The average molecular weight is 320 g/mol. The summed E-state index contributed by atoms with van der Waals surface area (Å²) in [5.41, 5.74) is 4.40.